The molecule has 1 aromatic rings. The van der Waals surface area contributed by atoms with Crippen LogP contribution < -0.4 is 5.32 Å². The Labute approximate surface area is 113 Å². The van der Waals surface area contributed by atoms with E-state index in [2.05, 4.69) is 28.5 Å². The molecule has 0 aliphatic carbocycles. The average Bonchev–Trinajstić information content (AvgIpc) is 2.31. The van der Waals surface area contributed by atoms with E-state index in [1.54, 1.807) is 0 Å². The molecule has 0 atom stereocenters. The van der Waals surface area contributed by atoms with Crippen molar-refractivity contribution < 1.29 is 0 Å². The minimum Gasteiger partial charge on any atom is -0.370 e. The number of thioether (sulfide) groups is 1. The van der Waals surface area contributed by atoms with Gasteiger partial charge in [-0.2, -0.15) is 11.8 Å². The van der Waals surface area contributed by atoms with E-state index in [0.717, 1.165) is 48.8 Å². The number of halogens is 1. The smallest absolute Gasteiger partial charge is 0.137 e. The van der Waals surface area contributed by atoms with Crippen molar-refractivity contribution >= 4 is 29.2 Å². The van der Waals surface area contributed by atoms with Crippen LogP contribution in [0.15, 0.2) is 0 Å². The van der Waals surface area contributed by atoms with Gasteiger partial charge in [0, 0.05) is 18.5 Å². The first-order valence-electron chi connectivity index (χ1n) is 5.94. The summed E-state index contributed by atoms with van der Waals surface area (Å²) in [6.45, 7) is 5.00. The fourth-order valence-electron chi connectivity index (χ4n) is 1.46. The summed E-state index contributed by atoms with van der Waals surface area (Å²) in [5, 5.41) is 3.90. The molecule has 17 heavy (non-hydrogen) atoms. The van der Waals surface area contributed by atoms with Crippen molar-refractivity contribution in [2.24, 2.45) is 0 Å². The van der Waals surface area contributed by atoms with Gasteiger partial charge in [-0.05, 0) is 31.8 Å². The molecule has 0 amide bonds. The number of nitrogens with zero attached hydrogens (tertiary/aromatic N) is 2. The van der Waals surface area contributed by atoms with E-state index in [9.17, 15) is 0 Å². The van der Waals surface area contributed by atoms with Gasteiger partial charge in [0.2, 0.25) is 0 Å². The van der Waals surface area contributed by atoms with Crippen LogP contribution in [0.5, 0.6) is 0 Å². The van der Waals surface area contributed by atoms with Crippen molar-refractivity contribution in [3.8, 4) is 0 Å². The van der Waals surface area contributed by atoms with Crippen LogP contribution in [0.25, 0.3) is 0 Å². The van der Waals surface area contributed by atoms with E-state index in [4.69, 9.17) is 11.6 Å². The lowest BCUT2D eigenvalue weighted by atomic mass is 10.3. The first-order valence-corrected chi connectivity index (χ1v) is 7.72. The van der Waals surface area contributed by atoms with E-state index in [0.29, 0.717) is 5.15 Å². The predicted octanol–water partition coefficient (Wildman–Crippen LogP) is 3.56. The summed E-state index contributed by atoms with van der Waals surface area (Å²) < 4.78 is 0. The number of aromatic nitrogens is 2. The summed E-state index contributed by atoms with van der Waals surface area (Å²) in [5.41, 5.74) is 0.940. The zero-order valence-electron chi connectivity index (χ0n) is 10.7. The second-order valence-electron chi connectivity index (χ2n) is 3.93. The Bertz CT molecular complexity index is 358. The van der Waals surface area contributed by atoms with Gasteiger partial charge in [0.25, 0.3) is 0 Å². The Balaban J connectivity index is 2.68. The summed E-state index contributed by atoms with van der Waals surface area (Å²) in [4.78, 5) is 8.78. The average molecular weight is 274 g/mol. The molecule has 96 valence electrons. The maximum Gasteiger partial charge on any atom is 0.137 e. The third-order valence-electron chi connectivity index (χ3n) is 2.42. The lowest BCUT2D eigenvalue weighted by Gasteiger charge is -2.10. The van der Waals surface area contributed by atoms with Crippen LogP contribution in [0.3, 0.4) is 0 Å². The second kappa shape index (κ2) is 7.77. The number of hydrogen-bond acceptors (Lipinski definition) is 4. The molecule has 1 rings (SSSR count). The maximum atomic E-state index is 6.10. The zero-order valence-corrected chi connectivity index (χ0v) is 12.3. The van der Waals surface area contributed by atoms with Crippen molar-refractivity contribution in [3.05, 3.63) is 16.5 Å². The van der Waals surface area contributed by atoms with Crippen LogP contribution in [0.4, 0.5) is 5.82 Å². The first-order chi connectivity index (χ1) is 8.19. The summed E-state index contributed by atoms with van der Waals surface area (Å²) in [7, 11) is 0. The van der Waals surface area contributed by atoms with Crippen molar-refractivity contribution in [1.29, 1.82) is 0 Å². The van der Waals surface area contributed by atoms with Crippen molar-refractivity contribution in [3.63, 3.8) is 0 Å². The Morgan fingerprint density at radius 2 is 2.12 bits per heavy atom. The van der Waals surface area contributed by atoms with Gasteiger partial charge in [-0.25, -0.2) is 9.97 Å². The highest BCUT2D eigenvalue weighted by atomic mass is 35.5. The Hall–Kier alpha value is -0.480. The standard InChI is InChI=1S/C12H20ClN3S/c1-4-6-10-15-11(13)9(2)12(16-10)14-7-5-8-17-3/h4-8H2,1-3H3,(H,14,15,16). The summed E-state index contributed by atoms with van der Waals surface area (Å²) >= 11 is 7.96. The molecule has 0 fully saturated rings. The molecule has 1 heterocycles. The molecule has 1 N–H and O–H groups in total. The molecule has 0 aromatic carbocycles. The largest absolute Gasteiger partial charge is 0.370 e. The monoisotopic (exact) mass is 273 g/mol. The highest BCUT2D eigenvalue weighted by Gasteiger charge is 2.08. The lowest BCUT2D eigenvalue weighted by molar-refractivity contribution is 0.828. The van der Waals surface area contributed by atoms with E-state index >= 15 is 0 Å². The summed E-state index contributed by atoms with van der Waals surface area (Å²) in [6, 6.07) is 0. The molecule has 5 heteroatoms. The summed E-state index contributed by atoms with van der Waals surface area (Å²) in [5.74, 6) is 2.87. The minimum absolute atomic E-state index is 0.566. The van der Waals surface area contributed by atoms with E-state index in [-0.39, 0.29) is 0 Å². The minimum atomic E-state index is 0.566. The van der Waals surface area contributed by atoms with Gasteiger partial charge in [-0.15, -0.1) is 0 Å². The molecule has 0 saturated heterocycles. The molecular formula is C12H20ClN3S. The fraction of sp³-hybridized carbons (Fsp3) is 0.667. The number of anilines is 1. The van der Waals surface area contributed by atoms with Crippen LogP contribution in [-0.2, 0) is 6.42 Å². The van der Waals surface area contributed by atoms with Gasteiger partial charge in [-0.1, -0.05) is 18.5 Å². The number of hydrogen-bond donors (Lipinski definition) is 1. The van der Waals surface area contributed by atoms with Gasteiger partial charge in [0.1, 0.15) is 16.8 Å². The van der Waals surface area contributed by atoms with Gasteiger partial charge in [-0.3, -0.25) is 0 Å². The maximum absolute atomic E-state index is 6.10. The molecular weight excluding hydrogens is 254 g/mol. The zero-order chi connectivity index (χ0) is 12.7. The fourth-order valence-corrected chi connectivity index (χ4v) is 2.08. The molecule has 0 saturated carbocycles. The molecule has 1 aromatic heterocycles. The Kier molecular flexibility index (Phi) is 6.66. The van der Waals surface area contributed by atoms with E-state index in [1.807, 2.05) is 18.7 Å². The molecule has 0 radical (unpaired) electrons. The molecule has 0 aliphatic heterocycles. The molecule has 0 aliphatic rings. The van der Waals surface area contributed by atoms with Gasteiger partial charge in [0.15, 0.2) is 0 Å². The molecule has 0 unspecified atom stereocenters. The van der Waals surface area contributed by atoms with E-state index < -0.39 is 0 Å². The highest BCUT2D eigenvalue weighted by Crippen LogP contribution is 2.20. The van der Waals surface area contributed by atoms with Crippen molar-refractivity contribution in [1.82, 2.24) is 9.97 Å². The third kappa shape index (κ3) is 4.72. The van der Waals surface area contributed by atoms with Gasteiger partial charge < -0.3 is 5.32 Å². The number of aryl methyl sites for hydroxylation is 1. The lowest BCUT2D eigenvalue weighted by Crippen LogP contribution is -2.09. The molecule has 0 spiro atoms. The van der Waals surface area contributed by atoms with Crippen LogP contribution in [-0.4, -0.2) is 28.5 Å². The Morgan fingerprint density at radius 1 is 1.35 bits per heavy atom. The van der Waals surface area contributed by atoms with Crippen molar-refractivity contribution in [2.75, 3.05) is 23.9 Å². The van der Waals surface area contributed by atoms with Crippen molar-refractivity contribution in [2.45, 2.75) is 33.1 Å². The highest BCUT2D eigenvalue weighted by molar-refractivity contribution is 7.98. The summed E-state index contributed by atoms with van der Waals surface area (Å²) in [6.07, 6.45) is 5.16. The molecule has 0 bridgehead atoms. The predicted molar refractivity (Wildman–Crippen MR) is 77.3 cm³/mol. The third-order valence-corrected chi connectivity index (χ3v) is 3.49. The van der Waals surface area contributed by atoms with Crippen LogP contribution in [0, 0.1) is 6.92 Å². The second-order valence-corrected chi connectivity index (χ2v) is 5.27. The topological polar surface area (TPSA) is 37.8 Å². The normalized spacial score (nSPS) is 10.6. The van der Waals surface area contributed by atoms with Gasteiger partial charge >= 0.3 is 0 Å². The van der Waals surface area contributed by atoms with Gasteiger partial charge in [0.05, 0.1) is 0 Å². The van der Waals surface area contributed by atoms with E-state index in [1.165, 1.54) is 0 Å². The molecule has 3 nitrogen and oxygen atoms in total. The number of rotatable bonds is 7. The number of nitrogens with one attached hydrogen (secondary N) is 1. The van der Waals surface area contributed by atoms with Crippen LogP contribution in [0.2, 0.25) is 5.15 Å². The SMILES string of the molecule is CCCc1nc(Cl)c(C)c(NCCCSC)n1. The van der Waals surface area contributed by atoms with Crippen LogP contribution in [0.1, 0.15) is 31.2 Å². The van der Waals surface area contributed by atoms with Crippen LogP contribution >= 0.6 is 23.4 Å². The Morgan fingerprint density at radius 3 is 2.76 bits per heavy atom. The first kappa shape index (κ1) is 14.6. The quantitative estimate of drug-likeness (QED) is 0.609.